The molecule has 2 aromatic rings. The number of pyridine rings is 1. The lowest BCUT2D eigenvalue weighted by Gasteiger charge is -2.41. The van der Waals surface area contributed by atoms with Gasteiger partial charge in [0.05, 0.1) is 11.7 Å². The van der Waals surface area contributed by atoms with E-state index in [0.29, 0.717) is 19.6 Å². The molecule has 0 aromatic carbocycles. The number of carbonyl (C=O) groups excluding carboxylic acids is 3. The van der Waals surface area contributed by atoms with Crippen molar-refractivity contribution in [2.45, 2.75) is 51.1 Å². The Morgan fingerprint density at radius 1 is 1.19 bits per heavy atom. The third-order valence-electron chi connectivity index (χ3n) is 6.14. The third kappa shape index (κ3) is 4.17. The van der Waals surface area contributed by atoms with Gasteiger partial charge in [0.15, 0.2) is 0 Å². The molecule has 0 aliphatic carbocycles. The van der Waals surface area contributed by atoms with E-state index in [1.165, 1.54) is 0 Å². The summed E-state index contributed by atoms with van der Waals surface area (Å²) >= 11 is 0. The summed E-state index contributed by atoms with van der Waals surface area (Å²) in [7, 11) is 0. The number of likely N-dealkylation sites (tertiary alicyclic amines) is 1. The highest BCUT2D eigenvalue weighted by molar-refractivity contribution is 5.93. The molecule has 2 aliphatic heterocycles. The molecule has 2 fully saturated rings. The first kappa shape index (κ1) is 21.0. The van der Waals surface area contributed by atoms with E-state index >= 15 is 0 Å². The predicted molar refractivity (Wildman–Crippen MR) is 113 cm³/mol. The van der Waals surface area contributed by atoms with Crippen molar-refractivity contribution in [2.75, 3.05) is 19.6 Å². The molecule has 2 aliphatic rings. The molecule has 31 heavy (non-hydrogen) atoms. The second-order valence-corrected chi connectivity index (χ2v) is 8.50. The normalized spacial score (nSPS) is 20.6. The van der Waals surface area contributed by atoms with E-state index in [1.807, 2.05) is 33.9 Å². The maximum Gasteiger partial charge on any atom is 0.245 e. The lowest BCUT2D eigenvalue weighted by molar-refractivity contribution is -0.150. The molecule has 0 radical (unpaired) electrons. The van der Waals surface area contributed by atoms with E-state index in [2.05, 4.69) is 10.3 Å². The number of hydrogen-bond donors (Lipinski definition) is 1. The van der Waals surface area contributed by atoms with Crippen LogP contribution in [0.3, 0.4) is 0 Å². The maximum atomic E-state index is 13.0. The monoisotopic (exact) mass is 424 g/mol. The number of carbonyl (C=O) groups is 3. The van der Waals surface area contributed by atoms with Gasteiger partial charge in [-0.25, -0.2) is 9.97 Å². The number of nitrogens with zero attached hydrogens (tertiary/aromatic N) is 5. The number of hydrogen-bond acceptors (Lipinski definition) is 5. The summed E-state index contributed by atoms with van der Waals surface area (Å²) < 4.78 is 1.83. The van der Waals surface area contributed by atoms with Gasteiger partial charge in [0.25, 0.3) is 0 Å². The fraction of sp³-hybridized carbons (Fsp3) is 0.500. The van der Waals surface area contributed by atoms with Crippen LogP contribution in [-0.2, 0) is 14.4 Å². The lowest BCUT2D eigenvalue weighted by Crippen LogP contribution is -2.63. The summed E-state index contributed by atoms with van der Waals surface area (Å²) in [5.41, 5.74) is -0.0519. The molecule has 164 valence electrons. The summed E-state index contributed by atoms with van der Waals surface area (Å²) in [6, 6.07) is 5.69. The minimum Gasteiger partial charge on any atom is -0.352 e. The Morgan fingerprint density at radius 2 is 2.00 bits per heavy atom. The van der Waals surface area contributed by atoms with Crippen LogP contribution in [-0.4, -0.2) is 67.2 Å². The largest absolute Gasteiger partial charge is 0.352 e. The van der Waals surface area contributed by atoms with Crippen LogP contribution in [0.25, 0.3) is 5.82 Å². The zero-order chi connectivity index (χ0) is 22.0. The van der Waals surface area contributed by atoms with Gasteiger partial charge in [0, 0.05) is 44.9 Å². The van der Waals surface area contributed by atoms with Crippen LogP contribution in [0.5, 0.6) is 0 Å². The van der Waals surface area contributed by atoms with Gasteiger partial charge >= 0.3 is 0 Å². The molecule has 9 heteroatoms. The van der Waals surface area contributed by atoms with Crippen LogP contribution in [0.2, 0.25) is 0 Å². The molecule has 0 bridgehead atoms. The minimum atomic E-state index is -0.897. The quantitative estimate of drug-likeness (QED) is 0.783. The second kappa shape index (κ2) is 8.49. The van der Waals surface area contributed by atoms with Crippen molar-refractivity contribution in [3.63, 3.8) is 0 Å². The first-order chi connectivity index (χ1) is 14.9. The van der Waals surface area contributed by atoms with Gasteiger partial charge in [-0.2, -0.15) is 0 Å². The van der Waals surface area contributed by atoms with Crippen LogP contribution in [0, 0.1) is 0 Å². The zero-order valence-electron chi connectivity index (χ0n) is 18.0. The number of aromatic nitrogens is 3. The summed E-state index contributed by atoms with van der Waals surface area (Å²) in [4.78, 5) is 50.1. The van der Waals surface area contributed by atoms with Crippen molar-refractivity contribution in [3.05, 3.63) is 42.6 Å². The van der Waals surface area contributed by atoms with E-state index in [9.17, 15) is 14.4 Å². The van der Waals surface area contributed by atoms with Gasteiger partial charge in [-0.15, -0.1) is 0 Å². The molecule has 1 unspecified atom stereocenters. The number of amides is 3. The highest BCUT2D eigenvalue weighted by Crippen LogP contribution is 2.32. The Labute approximate surface area is 181 Å². The number of nitrogens with one attached hydrogen (secondary N) is 1. The van der Waals surface area contributed by atoms with Crippen molar-refractivity contribution in [2.24, 2.45) is 0 Å². The average Bonchev–Trinajstić information content (AvgIpc) is 3.46. The Kier molecular flexibility index (Phi) is 5.75. The smallest absolute Gasteiger partial charge is 0.245 e. The van der Waals surface area contributed by atoms with E-state index < -0.39 is 5.54 Å². The number of imidazole rings is 1. The van der Waals surface area contributed by atoms with Gasteiger partial charge < -0.3 is 15.1 Å². The average molecular weight is 425 g/mol. The fourth-order valence-electron chi connectivity index (χ4n) is 4.36. The molecular weight excluding hydrogens is 396 g/mol. The van der Waals surface area contributed by atoms with Gasteiger partial charge in [-0.3, -0.25) is 19.0 Å². The SMILES string of the molecule is CC1(C)C(=O)NCCN1C(=O)CCC(=O)N1CCCC1c1cccc(-n2ccnc2)n1. The first-order valence-electron chi connectivity index (χ1n) is 10.7. The lowest BCUT2D eigenvalue weighted by atomic mass is 9.98. The summed E-state index contributed by atoms with van der Waals surface area (Å²) in [5.74, 6) is 0.381. The maximum absolute atomic E-state index is 13.0. The van der Waals surface area contributed by atoms with Crippen molar-refractivity contribution >= 4 is 17.7 Å². The van der Waals surface area contributed by atoms with Crippen molar-refractivity contribution in [3.8, 4) is 5.82 Å². The first-order valence-corrected chi connectivity index (χ1v) is 10.7. The molecule has 2 saturated heterocycles. The number of rotatable bonds is 5. The molecule has 3 amide bonds. The van der Waals surface area contributed by atoms with E-state index in [4.69, 9.17) is 4.98 Å². The summed E-state index contributed by atoms with van der Waals surface area (Å²) in [5, 5.41) is 2.78. The third-order valence-corrected chi connectivity index (χ3v) is 6.14. The van der Waals surface area contributed by atoms with E-state index in [-0.39, 0.29) is 36.6 Å². The van der Waals surface area contributed by atoms with Gasteiger partial charge in [-0.05, 0) is 38.8 Å². The summed E-state index contributed by atoms with van der Waals surface area (Å²) in [6.45, 7) is 5.03. The molecule has 9 nitrogen and oxygen atoms in total. The predicted octanol–water partition coefficient (Wildman–Crippen LogP) is 1.45. The van der Waals surface area contributed by atoms with Crippen molar-refractivity contribution in [1.82, 2.24) is 29.7 Å². The minimum absolute atomic E-state index is 0.0510. The molecule has 1 atom stereocenters. The van der Waals surface area contributed by atoms with Crippen molar-refractivity contribution < 1.29 is 14.4 Å². The number of piperazine rings is 1. The van der Waals surface area contributed by atoms with Gasteiger partial charge in [0.2, 0.25) is 17.7 Å². The van der Waals surface area contributed by atoms with Crippen LogP contribution in [0.1, 0.15) is 51.3 Å². The molecule has 4 heterocycles. The van der Waals surface area contributed by atoms with Crippen LogP contribution in [0.15, 0.2) is 36.9 Å². The molecule has 0 saturated carbocycles. The van der Waals surface area contributed by atoms with Crippen LogP contribution in [0.4, 0.5) is 0 Å². The summed E-state index contributed by atoms with van der Waals surface area (Å²) in [6.07, 6.45) is 7.20. The van der Waals surface area contributed by atoms with E-state index in [0.717, 1.165) is 24.4 Å². The topological polar surface area (TPSA) is 100 Å². The van der Waals surface area contributed by atoms with Crippen LogP contribution < -0.4 is 5.32 Å². The fourth-order valence-corrected chi connectivity index (χ4v) is 4.36. The Hall–Kier alpha value is -3.23. The Balaban J connectivity index is 1.41. The Morgan fingerprint density at radius 3 is 2.77 bits per heavy atom. The molecule has 0 spiro atoms. The zero-order valence-corrected chi connectivity index (χ0v) is 18.0. The molecular formula is C22H28N6O3. The highest BCUT2D eigenvalue weighted by Gasteiger charge is 2.40. The van der Waals surface area contributed by atoms with E-state index in [1.54, 1.807) is 31.3 Å². The standard InChI is InChI=1S/C22H28N6O3/c1-22(2)21(31)24-11-14-28(22)20(30)9-8-19(29)27-12-4-6-17(27)16-5-3-7-18(25-16)26-13-10-23-15-26/h3,5,7,10,13,15,17H,4,6,8-9,11-12,14H2,1-2H3,(H,24,31). The van der Waals surface area contributed by atoms with Gasteiger partial charge in [0.1, 0.15) is 17.7 Å². The molecule has 1 N–H and O–H groups in total. The molecule has 2 aromatic heterocycles. The molecule has 4 rings (SSSR count). The van der Waals surface area contributed by atoms with Gasteiger partial charge in [-0.1, -0.05) is 6.07 Å². The Bertz CT molecular complexity index is 971. The van der Waals surface area contributed by atoms with Crippen molar-refractivity contribution in [1.29, 1.82) is 0 Å². The highest BCUT2D eigenvalue weighted by atomic mass is 16.2. The van der Waals surface area contributed by atoms with Crippen LogP contribution >= 0.6 is 0 Å². The second-order valence-electron chi connectivity index (χ2n) is 8.50.